The maximum Gasteiger partial charge on any atom is 0.252 e. The van der Waals surface area contributed by atoms with Crippen molar-refractivity contribution in [1.82, 2.24) is 4.31 Å². The minimum atomic E-state index is -4.35. The van der Waals surface area contributed by atoms with Gasteiger partial charge in [0.15, 0.2) is 0 Å². The van der Waals surface area contributed by atoms with Crippen LogP contribution in [0.5, 0.6) is 0 Å². The monoisotopic (exact) mass is 506 g/mol. The van der Waals surface area contributed by atoms with Crippen LogP contribution < -0.4 is 4.90 Å². The van der Waals surface area contributed by atoms with Crippen molar-refractivity contribution in [2.75, 3.05) is 4.90 Å². The highest BCUT2D eigenvalue weighted by atomic mass is 35.5. The lowest BCUT2D eigenvalue weighted by Gasteiger charge is -2.27. The van der Waals surface area contributed by atoms with E-state index >= 15 is 0 Å². The molecule has 1 saturated heterocycles. The second kappa shape index (κ2) is 9.23. The van der Waals surface area contributed by atoms with E-state index in [0.717, 1.165) is 21.3 Å². The Bertz CT molecular complexity index is 1320. The second-order valence-corrected chi connectivity index (χ2v) is 10.1. The first-order valence-electron chi connectivity index (χ1n) is 9.81. The van der Waals surface area contributed by atoms with Crippen molar-refractivity contribution in [3.05, 3.63) is 94.2 Å². The molecule has 0 aromatic heterocycles. The lowest BCUT2D eigenvalue weighted by Crippen LogP contribution is -2.45. The number of benzene rings is 3. The van der Waals surface area contributed by atoms with Crippen LogP contribution in [0.4, 0.5) is 10.1 Å². The van der Waals surface area contributed by atoms with Gasteiger partial charge in [-0.25, -0.2) is 17.7 Å². The third kappa shape index (κ3) is 4.65. The third-order valence-corrected chi connectivity index (χ3v) is 7.79. The van der Waals surface area contributed by atoms with Crippen LogP contribution in [0, 0.1) is 5.82 Å². The number of imide groups is 1. The molecule has 170 valence electrons. The summed E-state index contributed by atoms with van der Waals surface area (Å²) in [6.45, 7) is -0.174. The number of sulfonamides is 1. The van der Waals surface area contributed by atoms with Crippen molar-refractivity contribution in [3.8, 4) is 0 Å². The maximum absolute atomic E-state index is 13.7. The van der Waals surface area contributed by atoms with E-state index < -0.39 is 33.7 Å². The zero-order chi connectivity index (χ0) is 23.8. The van der Waals surface area contributed by atoms with E-state index in [1.165, 1.54) is 30.3 Å². The number of nitrogens with zero attached hydrogens (tertiary/aromatic N) is 2. The molecule has 0 N–H and O–H groups in total. The average Bonchev–Trinajstić information content (AvgIpc) is 3.08. The van der Waals surface area contributed by atoms with Gasteiger partial charge in [0.1, 0.15) is 16.8 Å². The van der Waals surface area contributed by atoms with Crippen LogP contribution in [0.2, 0.25) is 10.0 Å². The molecule has 1 heterocycles. The Morgan fingerprint density at radius 3 is 2.30 bits per heavy atom. The molecule has 6 nitrogen and oxygen atoms in total. The Hall–Kier alpha value is -2.78. The number of amides is 2. The third-order valence-electron chi connectivity index (χ3n) is 5.22. The van der Waals surface area contributed by atoms with Gasteiger partial charge < -0.3 is 0 Å². The molecule has 1 unspecified atom stereocenters. The van der Waals surface area contributed by atoms with Crippen LogP contribution in [-0.4, -0.2) is 30.6 Å². The molecule has 1 fully saturated rings. The topological polar surface area (TPSA) is 74.8 Å². The molecular formula is C23H17Cl2FN2O4S. The predicted molar refractivity (Wildman–Crippen MR) is 123 cm³/mol. The Labute approximate surface area is 200 Å². The fourth-order valence-electron chi connectivity index (χ4n) is 3.63. The maximum atomic E-state index is 13.7. The van der Waals surface area contributed by atoms with E-state index in [1.807, 2.05) is 0 Å². The molecule has 1 aliphatic rings. The van der Waals surface area contributed by atoms with Gasteiger partial charge in [-0.2, -0.15) is 4.31 Å². The number of rotatable bonds is 6. The van der Waals surface area contributed by atoms with Crippen molar-refractivity contribution < 1.29 is 22.4 Å². The Morgan fingerprint density at radius 1 is 0.970 bits per heavy atom. The van der Waals surface area contributed by atoms with Gasteiger partial charge in [0.2, 0.25) is 15.9 Å². The van der Waals surface area contributed by atoms with E-state index in [2.05, 4.69) is 0 Å². The SMILES string of the molecule is O=C1CC(N(Cc2ccccc2)S(=O)(=O)c2cc(Cl)ccc2Cl)C(=O)N1c1ccc(F)cc1. The summed E-state index contributed by atoms with van der Waals surface area (Å²) in [5, 5.41) is 0.0871. The molecule has 0 radical (unpaired) electrons. The van der Waals surface area contributed by atoms with E-state index in [0.29, 0.717) is 5.56 Å². The van der Waals surface area contributed by atoms with E-state index in [-0.39, 0.29) is 33.6 Å². The summed E-state index contributed by atoms with van der Waals surface area (Å²) < 4.78 is 41.7. The lowest BCUT2D eigenvalue weighted by atomic mass is 10.2. The van der Waals surface area contributed by atoms with Crippen LogP contribution in [0.3, 0.4) is 0 Å². The van der Waals surface area contributed by atoms with E-state index in [4.69, 9.17) is 23.2 Å². The summed E-state index contributed by atoms with van der Waals surface area (Å²) in [4.78, 5) is 26.7. The number of carbonyl (C=O) groups is 2. The van der Waals surface area contributed by atoms with Crippen LogP contribution in [-0.2, 0) is 26.2 Å². The number of anilines is 1. The largest absolute Gasteiger partial charge is 0.274 e. The molecular weight excluding hydrogens is 490 g/mol. The summed E-state index contributed by atoms with van der Waals surface area (Å²) in [6.07, 6.45) is -0.375. The van der Waals surface area contributed by atoms with Gasteiger partial charge in [-0.15, -0.1) is 0 Å². The summed E-state index contributed by atoms with van der Waals surface area (Å²) in [6, 6.07) is 16.2. The molecule has 4 rings (SSSR count). The molecule has 3 aromatic carbocycles. The van der Waals surface area contributed by atoms with Gasteiger partial charge in [-0.3, -0.25) is 9.59 Å². The standard InChI is InChI=1S/C23H17Cl2FN2O4S/c24-16-6-11-19(25)21(12-16)33(31,32)27(14-15-4-2-1-3-5-15)20-13-22(29)28(23(20)30)18-9-7-17(26)8-10-18/h1-12,20H,13-14H2. The molecule has 0 spiro atoms. The highest BCUT2D eigenvalue weighted by Gasteiger charge is 2.47. The van der Waals surface area contributed by atoms with Crippen LogP contribution in [0.1, 0.15) is 12.0 Å². The van der Waals surface area contributed by atoms with Crippen molar-refractivity contribution in [2.45, 2.75) is 23.9 Å². The van der Waals surface area contributed by atoms with Crippen molar-refractivity contribution in [2.24, 2.45) is 0 Å². The fraction of sp³-hybridized carbons (Fsp3) is 0.130. The lowest BCUT2D eigenvalue weighted by molar-refractivity contribution is -0.122. The van der Waals surface area contributed by atoms with Crippen molar-refractivity contribution in [3.63, 3.8) is 0 Å². The number of hydrogen-bond acceptors (Lipinski definition) is 4. The Balaban J connectivity index is 1.78. The molecule has 0 aliphatic carbocycles. The quantitative estimate of drug-likeness (QED) is 0.455. The van der Waals surface area contributed by atoms with Gasteiger partial charge in [0.25, 0.3) is 5.91 Å². The number of hydrogen-bond donors (Lipinski definition) is 0. The van der Waals surface area contributed by atoms with Crippen LogP contribution in [0.25, 0.3) is 0 Å². The zero-order valence-corrected chi connectivity index (χ0v) is 19.3. The first-order valence-corrected chi connectivity index (χ1v) is 12.0. The van der Waals surface area contributed by atoms with Crippen molar-refractivity contribution >= 4 is 50.7 Å². The van der Waals surface area contributed by atoms with E-state index in [9.17, 15) is 22.4 Å². The molecule has 1 atom stereocenters. The van der Waals surface area contributed by atoms with Gasteiger partial charge in [-0.1, -0.05) is 53.5 Å². The predicted octanol–water partition coefficient (Wildman–Crippen LogP) is 4.66. The van der Waals surface area contributed by atoms with E-state index in [1.54, 1.807) is 30.3 Å². The molecule has 2 amide bonds. The second-order valence-electron chi connectivity index (χ2n) is 7.37. The minimum Gasteiger partial charge on any atom is -0.274 e. The zero-order valence-electron chi connectivity index (χ0n) is 17.0. The summed E-state index contributed by atoms with van der Waals surface area (Å²) in [7, 11) is -4.35. The van der Waals surface area contributed by atoms with Crippen molar-refractivity contribution in [1.29, 1.82) is 0 Å². The highest BCUT2D eigenvalue weighted by molar-refractivity contribution is 7.89. The smallest absolute Gasteiger partial charge is 0.252 e. The fourth-order valence-corrected chi connectivity index (χ4v) is 5.94. The van der Waals surface area contributed by atoms with Crippen LogP contribution >= 0.6 is 23.2 Å². The normalized spacial score (nSPS) is 16.6. The van der Waals surface area contributed by atoms with Gasteiger partial charge in [-0.05, 0) is 48.0 Å². The first kappa shape index (κ1) is 23.4. The first-order chi connectivity index (χ1) is 15.7. The number of carbonyl (C=O) groups excluding carboxylic acids is 2. The highest BCUT2D eigenvalue weighted by Crippen LogP contribution is 2.34. The minimum absolute atomic E-state index is 0.0652. The van der Waals surface area contributed by atoms with Crippen LogP contribution in [0.15, 0.2) is 77.7 Å². The average molecular weight is 507 g/mol. The molecule has 33 heavy (non-hydrogen) atoms. The molecule has 1 aliphatic heterocycles. The van der Waals surface area contributed by atoms with Gasteiger partial charge in [0.05, 0.1) is 17.1 Å². The van der Waals surface area contributed by atoms with Gasteiger partial charge in [0, 0.05) is 11.6 Å². The summed E-state index contributed by atoms with van der Waals surface area (Å²) in [5.74, 6) is -1.86. The summed E-state index contributed by atoms with van der Waals surface area (Å²) >= 11 is 12.2. The molecule has 0 bridgehead atoms. The summed E-state index contributed by atoms with van der Waals surface area (Å²) in [5.41, 5.74) is 0.770. The molecule has 0 saturated carbocycles. The Morgan fingerprint density at radius 2 is 1.64 bits per heavy atom. The molecule has 10 heteroatoms. The number of halogens is 3. The van der Waals surface area contributed by atoms with Gasteiger partial charge >= 0.3 is 0 Å². The molecule has 3 aromatic rings. The Kier molecular flexibility index (Phi) is 6.54.